The Bertz CT molecular complexity index is 786. The van der Waals surface area contributed by atoms with Crippen LogP contribution in [0.15, 0.2) is 42.5 Å². The number of ether oxygens (including phenoxy) is 1. The van der Waals surface area contributed by atoms with Crippen molar-refractivity contribution in [2.75, 3.05) is 18.0 Å². The Kier molecular flexibility index (Phi) is 5.19. The first-order valence-electron chi connectivity index (χ1n) is 8.06. The number of hydrogen-bond acceptors (Lipinski definition) is 5. The number of carbonyl (C=O) groups excluding carboxylic acids is 1. The van der Waals surface area contributed by atoms with E-state index in [9.17, 15) is 14.9 Å². The van der Waals surface area contributed by atoms with E-state index in [4.69, 9.17) is 16.3 Å². The van der Waals surface area contributed by atoms with Crippen molar-refractivity contribution in [3.8, 4) is 5.75 Å². The fourth-order valence-electron chi connectivity index (χ4n) is 2.87. The zero-order valence-electron chi connectivity index (χ0n) is 13.5. The van der Waals surface area contributed by atoms with Gasteiger partial charge in [-0.05, 0) is 55.7 Å². The van der Waals surface area contributed by atoms with Gasteiger partial charge in [0.05, 0.1) is 10.5 Å². The predicted octanol–water partition coefficient (Wildman–Crippen LogP) is 4.46. The number of carbonyl (C=O) groups is 1. The minimum absolute atomic E-state index is 0.0764. The highest BCUT2D eigenvalue weighted by molar-refractivity contribution is 6.30. The Morgan fingerprint density at radius 2 is 1.76 bits per heavy atom. The van der Waals surface area contributed by atoms with Crippen molar-refractivity contribution in [3.05, 3.63) is 63.2 Å². The van der Waals surface area contributed by atoms with Gasteiger partial charge < -0.3 is 9.64 Å². The van der Waals surface area contributed by atoms with Crippen LogP contribution in [0.25, 0.3) is 0 Å². The Labute approximate surface area is 150 Å². The topological polar surface area (TPSA) is 72.7 Å². The molecule has 1 fully saturated rings. The molecule has 0 bridgehead atoms. The zero-order chi connectivity index (χ0) is 17.8. The number of benzene rings is 2. The third kappa shape index (κ3) is 4.09. The quantitative estimate of drug-likeness (QED) is 0.348. The molecular formula is C18H17ClN2O4. The van der Waals surface area contributed by atoms with Crippen molar-refractivity contribution in [1.82, 2.24) is 0 Å². The molecule has 1 heterocycles. The maximum absolute atomic E-state index is 12.3. The normalized spacial score (nSPS) is 14.2. The fraction of sp³-hybridized carbons (Fsp3) is 0.278. The lowest BCUT2D eigenvalue weighted by molar-refractivity contribution is -0.384. The number of halogens is 1. The van der Waals surface area contributed by atoms with Crippen LogP contribution in [-0.2, 0) is 0 Å². The summed E-state index contributed by atoms with van der Waals surface area (Å²) in [7, 11) is 0. The van der Waals surface area contributed by atoms with Crippen LogP contribution < -0.4 is 9.64 Å². The third-order valence-electron chi connectivity index (χ3n) is 4.13. The molecule has 0 amide bonds. The van der Waals surface area contributed by atoms with Crippen molar-refractivity contribution in [3.63, 3.8) is 0 Å². The van der Waals surface area contributed by atoms with Gasteiger partial charge in [-0.25, -0.2) is 4.79 Å². The minimum Gasteiger partial charge on any atom is -0.423 e. The lowest BCUT2D eigenvalue weighted by Crippen LogP contribution is -2.30. The maximum Gasteiger partial charge on any atom is 0.343 e. The first-order valence-corrected chi connectivity index (χ1v) is 8.43. The molecule has 0 aliphatic carbocycles. The highest BCUT2D eigenvalue weighted by Gasteiger charge is 2.23. The molecule has 0 radical (unpaired) electrons. The summed E-state index contributed by atoms with van der Waals surface area (Å²) in [5.41, 5.74) is 0.614. The Morgan fingerprint density at radius 3 is 2.40 bits per heavy atom. The molecule has 25 heavy (non-hydrogen) atoms. The first kappa shape index (κ1) is 17.2. The molecule has 2 aromatic rings. The molecule has 0 aromatic heterocycles. The average Bonchev–Trinajstić information content (AvgIpc) is 2.63. The fourth-order valence-corrected chi connectivity index (χ4v) is 2.99. The molecule has 0 unspecified atom stereocenters. The third-order valence-corrected chi connectivity index (χ3v) is 4.38. The summed E-state index contributed by atoms with van der Waals surface area (Å²) in [5.74, 6) is -0.312. The highest BCUT2D eigenvalue weighted by atomic mass is 35.5. The molecule has 6 nitrogen and oxygen atoms in total. The number of anilines is 1. The summed E-state index contributed by atoms with van der Waals surface area (Å²) >= 11 is 5.79. The second kappa shape index (κ2) is 7.53. The number of rotatable bonds is 4. The molecule has 1 aliphatic heterocycles. The summed E-state index contributed by atoms with van der Waals surface area (Å²) in [5, 5.41) is 12.0. The molecule has 7 heteroatoms. The van der Waals surface area contributed by atoms with Crippen LogP contribution in [0.3, 0.4) is 0 Å². The van der Waals surface area contributed by atoms with E-state index in [1.54, 1.807) is 36.4 Å². The Morgan fingerprint density at radius 1 is 1.08 bits per heavy atom. The van der Waals surface area contributed by atoms with Crippen LogP contribution in [-0.4, -0.2) is 24.0 Å². The Balaban J connectivity index is 1.84. The van der Waals surface area contributed by atoms with E-state index in [-0.39, 0.29) is 11.3 Å². The van der Waals surface area contributed by atoms with E-state index in [0.29, 0.717) is 16.5 Å². The van der Waals surface area contributed by atoms with Gasteiger partial charge in [0.1, 0.15) is 11.4 Å². The smallest absolute Gasteiger partial charge is 0.343 e. The summed E-state index contributed by atoms with van der Waals surface area (Å²) in [6.45, 7) is 1.57. The van der Waals surface area contributed by atoms with Crippen molar-refractivity contribution in [1.29, 1.82) is 0 Å². The number of hydrogen-bond donors (Lipinski definition) is 0. The van der Waals surface area contributed by atoms with Gasteiger partial charge in [-0.15, -0.1) is 0 Å². The molecule has 0 spiro atoms. The lowest BCUT2D eigenvalue weighted by atomic mass is 10.1. The van der Waals surface area contributed by atoms with E-state index in [0.717, 1.165) is 32.4 Å². The number of nitrogens with zero attached hydrogens (tertiary/aromatic N) is 2. The van der Waals surface area contributed by atoms with E-state index in [1.807, 2.05) is 4.90 Å². The summed E-state index contributed by atoms with van der Waals surface area (Å²) in [4.78, 5) is 25.3. The van der Waals surface area contributed by atoms with Crippen LogP contribution in [0, 0.1) is 10.1 Å². The van der Waals surface area contributed by atoms with Crippen molar-refractivity contribution >= 4 is 28.9 Å². The predicted molar refractivity (Wildman–Crippen MR) is 95.6 cm³/mol. The van der Waals surface area contributed by atoms with E-state index < -0.39 is 10.9 Å². The molecule has 0 atom stereocenters. The molecule has 130 valence electrons. The second-order valence-corrected chi connectivity index (χ2v) is 6.29. The second-order valence-electron chi connectivity index (χ2n) is 5.85. The van der Waals surface area contributed by atoms with Gasteiger partial charge in [0, 0.05) is 24.2 Å². The number of nitro benzene ring substituents is 1. The van der Waals surface area contributed by atoms with Gasteiger partial charge >= 0.3 is 5.97 Å². The molecule has 1 saturated heterocycles. The Hall–Kier alpha value is -2.60. The molecule has 2 aromatic carbocycles. The molecular weight excluding hydrogens is 344 g/mol. The summed E-state index contributed by atoms with van der Waals surface area (Å²) in [6, 6.07) is 10.8. The van der Waals surface area contributed by atoms with Crippen molar-refractivity contribution in [2.45, 2.75) is 19.3 Å². The van der Waals surface area contributed by atoms with E-state index >= 15 is 0 Å². The van der Waals surface area contributed by atoms with E-state index in [1.165, 1.54) is 6.07 Å². The zero-order valence-corrected chi connectivity index (χ0v) is 14.2. The van der Waals surface area contributed by atoms with Crippen LogP contribution in [0.5, 0.6) is 5.75 Å². The van der Waals surface area contributed by atoms with Gasteiger partial charge in [-0.3, -0.25) is 10.1 Å². The minimum atomic E-state index is -0.643. The van der Waals surface area contributed by atoms with Gasteiger partial charge in [-0.2, -0.15) is 0 Å². The van der Waals surface area contributed by atoms with Gasteiger partial charge in [0.25, 0.3) is 5.69 Å². The number of piperidine rings is 1. The molecule has 3 rings (SSSR count). The summed E-state index contributed by atoms with van der Waals surface area (Å²) < 4.78 is 5.24. The van der Waals surface area contributed by atoms with Gasteiger partial charge in [0.15, 0.2) is 0 Å². The van der Waals surface area contributed by atoms with Crippen LogP contribution in [0.2, 0.25) is 5.02 Å². The first-order chi connectivity index (χ1) is 12.0. The average molecular weight is 361 g/mol. The maximum atomic E-state index is 12.3. The molecule has 0 saturated carbocycles. The van der Waals surface area contributed by atoms with Crippen LogP contribution >= 0.6 is 11.6 Å². The summed E-state index contributed by atoms with van der Waals surface area (Å²) in [6.07, 6.45) is 3.16. The molecule has 0 N–H and O–H groups in total. The van der Waals surface area contributed by atoms with E-state index in [2.05, 4.69) is 0 Å². The SMILES string of the molecule is O=C(Oc1ccc(Cl)cc1)c1ccc(N2CCCCC2)c([N+](=O)[O-])c1. The van der Waals surface area contributed by atoms with Crippen LogP contribution in [0.4, 0.5) is 11.4 Å². The number of nitro groups is 1. The highest BCUT2D eigenvalue weighted by Crippen LogP contribution is 2.31. The van der Waals surface area contributed by atoms with Crippen molar-refractivity contribution < 1.29 is 14.5 Å². The monoisotopic (exact) mass is 360 g/mol. The van der Waals surface area contributed by atoms with Gasteiger partial charge in [-0.1, -0.05) is 11.6 Å². The lowest BCUT2D eigenvalue weighted by Gasteiger charge is -2.28. The van der Waals surface area contributed by atoms with Crippen LogP contribution in [0.1, 0.15) is 29.6 Å². The van der Waals surface area contributed by atoms with Crippen molar-refractivity contribution in [2.24, 2.45) is 0 Å². The standard InChI is InChI=1S/C18H17ClN2O4/c19-14-5-7-15(8-6-14)25-18(22)13-4-9-16(17(12-13)21(23)24)20-10-2-1-3-11-20/h4-9,12H,1-3,10-11H2. The number of esters is 1. The van der Waals surface area contributed by atoms with Gasteiger partial charge in [0.2, 0.25) is 0 Å². The largest absolute Gasteiger partial charge is 0.423 e. The molecule has 1 aliphatic rings.